The summed E-state index contributed by atoms with van der Waals surface area (Å²) in [6.45, 7) is 3.28. The Morgan fingerprint density at radius 2 is 2.20 bits per heavy atom. The van der Waals surface area contributed by atoms with Gasteiger partial charge in [0.15, 0.2) is 15.7 Å². The average Bonchev–Trinajstić information content (AvgIpc) is 2.61. The molecule has 86 valence electrons. The molecule has 1 aromatic rings. The molecule has 0 unspecified atom stereocenters. The standard InChI is InChI=1S/C8H15N3O3S/c1-7(2)15(13,14)4-3-11-8(5-12)9-6-10-11/h6-7,12H,3-5H2,1-2H3. The summed E-state index contributed by atoms with van der Waals surface area (Å²) in [7, 11) is -3.07. The van der Waals surface area contributed by atoms with Gasteiger partial charge in [-0.3, -0.25) is 0 Å². The van der Waals surface area contributed by atoms with Crippen molar-refractivity contribution in [1.82, 2.24) is 14.8 Å². The summed E-state index contributed by atoms with van der Waals surface area (Å²) >= 11 is 0. The molecule has 0 aromatic carbocycles. The minimum absolute atomic E-state index is 0.0149. The van der Waals surface area contributed by atoms with Crippen LogP contribution in [0, 0.1) is 0 Å². The lowest BCUT2D eigenvalue weighted by molar-refractivity contribution is 0.263. The first-order valence-electron chi connectivity index (χ1n) is 4.66. The number of aliphatic hydroxyl groups excluding tert-OH is 1. The summed E-state index contributed by atoms with van der Waals surface area (Å²) in [5.41, 5.74) is 0. The highest BCUT2D eigenvalue weighted by Crippen LogP contribution is 2.02. The largest absolute Gasteiger partial charge is 0.388 e. The second kappa shape index (κ2) is 4.71. The molecule has 15 heavy (non-hydrogen) atoms. The first kappa shape index (κ1) is 12.1. The Bertz CT molecular complexity index is 411. The quantitative estimate of drug-likeness (QED) is 0.747. The molecule has 7 heteroatoms. The maximum atomic E-state index is 11.5. The van der Waals surface area contributed by atoms with Gasteiger partial charge in [0.05, 0.1) is 17.5 Å². The molecular weight excluding hydrogens is 218 g/mol. The lowest BCUT2D eigenvalue weighted by atomic mass is 10.6. The fourth-order valence-corrected chi connectivity index (χ4v) is 1.95. The number of nitrogens with zero attached hydrogens (tertiary/aromatic N) is 3. The predicted octanol–water partition coefficient (Wildman–Crippen LogP) is -0.406. The van der Waals surface area contributed by atoms with E-state index in [2.05, 4.69) is 10.1 Å². The molecule has 0 saturated heterocycles. The molecule has 0 aliphatic rings. The average molecular weight is 233 g/mol. The maximum Gasteiger partial charge on any atom is 0.154 e. The Kier molecular flexibility index (Phi) is 3.81. The Morgan fingerprint density at radius 1 is 1.53 bits per heavy atom. The van der Waals surface area contributed by atoms with Crippen molar-refractivity contribution in [3.8, 4) is 0 Å². The Morgan fingerprint density at radius 3 is 2.73 bits per heavy atom. The van der Waals surface area contributed by atoms with E-state index in [1.165, 1.54) is 11.0 Å². The summed E-state index contributed by atoms with van der Waals surface area (Å²) in [6.07, 6.45) is 1.30. The van der Waals surface area contributed by atoms with E-state index in [1.807, 2.05) is 0 Å². The van der Waals surface area contributed by atoms with Crippen LogP contribution < -0.4 is 0 Å². The van der Waals surface area contributed by atoms with E-state index in [4.69, 9.17) is 5.11 Å². The number of rotatable bonds is 5. The number of aliphatic hydroxyl groups is 1. The van der Waals surface area contributed by atoms with Crippen molar-refractivity contribution in [1.29, 1.82) is 0 Å². The van der Waals surface area contributed by atoms with E-state index in [0.29, 0.717) is 5.82 Å². The zero-order valence-electron chi connectivity index (χ0n) is 8.79. The van der Waals surface area contributed by atoms with Gasteiger partial charge in [-0.1, -0.05) is 0 Å². The third-order valence-electron chi connectivity index (χ3n) is 2.14. The summed E-state index contributed by atoms with van der Waals surface area (Å²) in [6, 6.07) is 0. The Balaban J connectivity index is 2.66. The van der Waals surface area contributed by atoms with Gasteiger partial charge in [0, 0.05) is 0 Å². The van der Waals surface area contributed by atoms with E-state index in [1.54, 1.807) is 13.8 Å². The van der Waals surface area contributed by atoms with Crippen LogP contribution in [0.5, 0.6) is 0 Å². The van der Waals surface area contributed by atoms with Gasteiger partial charge in [-0.25, -0.2) is 18.1 Å². The van der Waals surface area contributed by atoms with Crippen molar-refractivity contribution >= 4 is 9.84 Å². The molecule has 6 nitrogen and oxygen atoms in total. The smallest absolute Gasteiger partial charge is 0.154 e. The van der Waals surface area contributed by atoms with Gasteiger partial charge in [-0.2, -0.15) is 5.10 Å². The number of hydrogen-bond acceptors (Lipinski definition) is 5. The molecule has 1 aromatic heterocycles. The van der Waals surface area contributed by atoms with E-state index in [9.17, 15) is 8.42 Å². The molecule has 0 bridgehead atoms. The SMILES string of the molecule is CC(C)S(=O)(=O)CCn1ncnc1CO. The topological polar surface area (TPSA) is 85.1 Å². The maximum absolute atomic E-state index is 11.5. The molecule has 0 amide bonds. The number of aryl methyl sites for hydroxylation is 1. The molecular formula is C8H15N3O3S. The summed E-state index contributed by atoms with van der Waals surface area (Å²) in [5.74, 6) is 0.398. The van der Waals surface area contributed by atoms with Crippen molar-refractivity contribution in [2.24, 2.45) is 0 Å². The first-order chi connectivity index (χ1) is 6.97. The molecule has 0 saturated carbocycles. The number of sulfone groups is 1. The van der Waals surface area contributed by atoms with Crippen LogP contribution >= 0.6 is 0 Å². The van der Waals surface area contributed by atoms with Crippen molar-refractivity contribution in [3.63, 3.8) is 0 Å². The number of aromatic nitrogens is 3. The van der Waals surface area contributed by atoms with Crippen LogP contribution in [0.1, 0.15) is 19.7 Å². The second-order valence-corrected chi connectivity index (χ2v) is 6.15. The lowest BCUT2D eigenvalue weighted by Gasteiger charge is -2.08. The zero-order valence-corrected chi connectivity index (χ0v) is 9.61. The van der Waals surface area contributed by atoms with Gasteiger partial charge in [-0.05, 0) is 13.8 Å². The van der Waals surface area contributed by atoms with Crippen molar-refractivity contribution in [2.45, 2.75) is 32.2 Å². The molecule has 0 aliphatic carbocycles. The first-order valence-corrected chi connectivity index (χ1v) is 6.38. The van der Waals surface area contributed by atoms with E-state index in [0.717, 1.165) is 0 Å². The molecule has 0 atom stereocenters. The Labute approximate surface area is 88.9 Å². The van der Waals surface area contributed by atoms with Gasteiger partial charge >= 0.3 is 0 Å². The van der Waals surface area contributed by atoms with Gasteiger partial charge in [-0.15, -0.1) is 0 Å². The van der Waals surface area contributed by atoms with Crippen molar-refractivity contribution in [3.05, 3.63) is 12.2 Å². The molecule has 0 aliphatic heterocycles. The second-order valence-electron chi connectivity index (χ2n) is 3.47. The zero-order chi connectivity index (χ0) is 11.5. The van der Waals surface area contributed by atoms with Gasteiger partial charge in [0.1, 0.15) is 12.9 Å². The molecule has 0 fully saturated rings. The highest BCUT2D eigenvalue weighted by Gasteiger charge is 2.16. The van der Waals surface area contributed by atoms with E-state index >= 15 is 0 Å². The molecule has 1 N–H and O–H groups in total. The van der Waals surface area contributed by atoms with Crippen LogP contribution in [0.25, 0.3) is 0 Å². The van der Waals surface area contributed by atoms with Crippen LogP contribution in [0.2, 0.25) is 0 Å². The molecule has 1 rings (SSSR count). The van der Waals surface area contributed by atoms with Gasteiger partial charge in [0.2, 0.25) is 0 Å². The monoisotopic (exact) mass is 233 g/mol. The van der Waals surface area contributed by atoms with Crippen molar-refractivity contribution < 1.29 is 13.5 Å². The van der Waals surface area contributed by atoms with Crippen LogP contribution in [0.15, 0.2) is 6.33 Å². The van der Waals surface area contributed by atoms with Gasteiger partial charge in [0.25, 0.3) is 0 Å². The fraction of sp³-hybridized carbons (Fsp3) is 0.750. The van der Waals surface area contributed by atoms with Crippen LogP contribution in [-0.2, 0) is 23.0 Å². The number of hydrogen-bond donors (Lipinski definition) is 1. The van der Waals surface area contributed by atoms with Crippen LogP contribution in [0.4, 0.5) is 0 Å². The minimum atomic E-state index is -3.07. The van der Waals surface area contributed by atoms with Crippen molar-refractivity contribution in [2.75, 3.05) is 5.75 Å². The van der Waals surface area contributed by atoms with Crippen LogP contribution in [-0.4, -0.2) is 39.3 Å². The highest BCUT2D eigenvalue weighted by molar-refractivity contribution is 7.91. The lowest BCUT2D eigenvalue weighted by Crippen LogP contribution is -2.22. The molecule has 0 spiro atoms. The summed E-state index contributed by atoms with van der Waals surface area (Å²) in [4.78, 5) is 3.79. The third kappa shape index (κ3) is 3.00. The third-order valence-corrected chi connectivity index (χ3v) is 4.33. The highest BCUT2D eigenvalue weighted by atomic mass is 32.2. The fourth-order valence-electron chi connectivity index (χ4n) is 1.05. The summed E-state index contributed by atoms with van der Waals surface area (Å²) in [5, 5.41) is 12.3. The van der Waals surface area contributed by atoms with Gasteiger partial charge < -0.3 is 5.11 Å². The minimum Gasteiger partial charge on any atom is -0.388 e. The predicted molar refractivity (Wildman–Crippen MR) is 54.9 cm³/mol. The normalized spacial score (nSPS) is 12.3. The molecule has 0 radical (unpaired) electrons. The molecule has 1 heterocycles. The summed E-state index contributed by atoms with van der Waals surface area (Å²) < 4.78 is 24.4. The van der Waals surface area contributed by atoms with Crippen LogP contribution in [0.3, 0.4) is 0 Å². The Hall–Kier alpha value is -0.950. The van der Waals surface area contributed by atoms with E-state index < -0.39 is 15.1 Å². The van der Waals surface area contributed by atoms with E-state index in [-0.39, 0.29) is 18.9 Å².